The van der Waals surface area contributed by atoms with Crippen LogP contribution in [0.2, 0.25) is 0 Å². The molecule has 0 saturated heterocycles. The van der Waals surface area contributed by atoms with Crippen LogP contribution in [0.25, 0.3) is 0 Å². The molecule has 2 rings (SSSR count). The molecule has 17 heavy (non-hydrogen) atoms. The third-order valence-electron chi connectivity index (χ3n) is 1.80. The van der Waals surface area contributed by atoms with Crippen LogP contribution >= 0.6 is 0 Å². The molecule has 4 heteroatoms. The first-order valence-electron chi connectivity index (χ1n) is 6.12. The van der Waals surface area contributed by atoms with Gasteiger partial charge in [0.25, 0.3) is 5.90 Å². The normalized spacial score (nSPS) is 12.6. The van der Waals surface area contributed by atoms with Crippen molar-refractivity contribution in [2.45, 2.75) is 34.6 Å². The first-order chi connectivity index (χ1) is 8.38. The second kappa shape index (κ2) is 9.63. The summed E-state index contributed by atoms with van der Waals surface area (Å²) in [5.41, 5.74) is 1.79. The van der Waals surface area contributed by atoms with Crippen LogP contribution in [-0.2, 0) is 9.57 Å². The molecule has 1 aromatic rings. The van der Waals surface area contributed by atoms with Crippen LogP contribution in [0.15, 0.2) is 23.5 Å². The van der Waals surface area contributed by atoms with Gasteiger partial charge in [-0.05, 0) is 24.2 Å². The Morgan fingerprint density at radius 3 is 2.35 bits per heavy atom. The van der Waals surface area contributed by atoms with Gasteiger partial charge in [0.05, 0.1) is 5.56 Å². The number of hydrogen-bond acceptors (Lipinski definition) is 4. The second-order valence-electron chi connectivity index (χ2n) is 2.71. The molecule has 0 radical (unpaired) electrons. The molecule has 0 N–H and O–H groups in total. The second-order valence-corrected chi connectivity index (χ2v) is 2.71. The summed E-state index contributed by atoms with van der Waals surface area (Å²) in [6.45, 7) is 11.0. The average molecular weight is 238 g/mol. The highest BCUT2D eigenvalue weighted by atomic mass is 16.7. The molecule has 1 aliphatic heterocycles. The molecule has 0 unspecified atom stereocenters. The van der Waals surface area contributed by atoms with Crippen molar-refractivity contribution in [3.8, 4) is 0 Å². The van der Waals surface area contributed by atoms with Crippen molar-refractivity contribution in [3.63, 3.8) is 0 Å². The first-order valence-corrected chi connectivity index (χ1v) is 6.12. The van der Waals surface area contributed by atoms with Gasteiger partial charge in [-0.2, -0.15) is 0 Å². The molecule has 0 bridgehead atoms. The Bertz CT molecular complexity index is 338. The van der Waals surface area contributed by atoms with Gasteiger partial charge < -0.3 is 9.57 Å². The van der Waals surface area contributed by atoms with Crippen molar-refractivity contribution < 1.29 is 9.57 Å². The summed E-state index contributed by atoms with van der Waals surface area (Å²) in [5, 5.41) is 3.81. The van der Waals surface area contributed by atoms with Crippen molar-refractivity contribution in [2.75, 3.05) is 13.2 Å². The molecule has 0 saturated carbocycles. The van der Waals surface area contributed by atoms with Gasteiger partial charge in [0.1, 0.15) is 6.61 Å². The van der Waals surface area contributed by atoms with Crippen LogP contribution in [0.3, 0.4) is 0 Å². The summed E-state index contributed by atoms with van der Waals surface area (Å²) < 4.78 is 5.33. The number of pyridine rings is 1. The van der Waals surface area contributed by atoms with E-state index in [0.29, 0.717) is 19.1 Å². The van der Waals surface area contributed by atoms with E-state index in [2.05, 4.69) is 10.1 Å². The maximum atomic E-state index is 5.33. The standard InChI is InChI=1S/C9H10N2O2.2C2H6/c1-7-8(3-2-4-10-7)9-11-13-6-5-12-9;2*1-2/h2-4H,5-6H2,1H3;2*1-2H3. The zero-order valence-electron chi connectivity index (χ0n) is 11.4. The Kier molecular flexibility index (Phi) is 8.74. The Balaban J connectivity index is 0.000000581. The minimum atomic E-state index is 0.517. The number of nitrogens with zero attached hydrogens (tertiary/aromatic N) is 2. The lowest BCUT2D eigenvalue weighted by Crippen LogP contribution is -2.18. The number of oxime groups is 1. The molecule has 0 aromatic carbocycles. The minimum absolute atomic E-state index is 0.517. The van der Waals surface area contributed by atoms with Crippen molar-refractivity contribution in [3.05, 3.63) is 29.6 Å². The van der Waals surface area contributed by atoms with Gasteiger partial charge >= 0.3 is 0 Å². The molecular formula is C13H22N2O2. The van der Waals surface area contributed by atoms with E-state index in [-0.39, 0.29) is 0 Å². The Hall–Kier alpha value is -1.58. The Labute approximate surface area is 104 Å². The SMILES string of the molecule is CC.CC.Cc1ncccc1C1=NOCCO1. The smallest absolute Gasteiger partial charge is 0.259 e. The van der Waals surface area contributed by atoms with Gasteiger partial charge in [-0.1, -0.05) is 27.7 Å². The minimum Gasteiger partial charge on any atom is -0.471 e. The first kappa shape index (κ1) is 15.4. The lowest BCUT2D eigenvalue weighted by atomic mass is 10.2. The molecule has 0 atom stereocenters. The largest absolute Gasteiger partial charge is 0.471 e. The topological polar surface area (TPSA) is 43.7 Å². The van der Waals surface area contributed by atoms with Crippen molar-refractivity contribution in [2.24, 2.45) is 5.16 Å². The third kappa shape index (κ3) is 4.85. The lowest BCUT2D eigenvalue weighted by Gasteiger charge is -2.14. The van der Waals surface area contributed by atoms with Gasteiger partial charge in [-0.15, -0.1) is 0 Å². The van der Waals surface area contributed by atoms with E-state index < -0.39 is 0 Å². The van der Waals surface area contributed by atoms with Crippen LogP contribution in [0, 0.1) is 6.92 Å². The highest BCUT2D eigenvalue weighted by Crippen LogP contribution is 2.09. The Morgan fingerprint density at radius 2 is 1.82 bits per heavy atom. The molecule has 0 fully saturated rings. The molecule has 1 aliphatic rings. The van der Waals surface area contributed by atoms with E-state index in [1.165, 1.54) is 0 Å². The van der Waals surface area contributed by atoms with Crippen LogP contribution < -0.4 is 0 Å². The summed E-state index contributed by atoms with van der Waals surface area (Å²) in [6.07, 6.45) is 1.74. The predicted molar refractivity (Wildman–Crippen MR) is 70.1 cm³/mol. The molecule has 1 aromatic heterocycles. The van der Waals surface area contributed by atoms with E-state index in [4.69, 9.17) is 9.57 Å². The van der Waals surface area contributed by atoms with Gasteiger partial charge in [0, 0.05) is 11.9 Å². The highest BCUT2D eigenvalue weighted by Gasteiger charge is 2.12. The molecular weight excluding hydrogens is 216 g/mol. The molecule has 2 heterocycles. The molecule has 4 nitrogen and oxygen atoms in total. The van der Waals surface area contributed by atoms with Crippen molar-refractivity contribution >= 4 is 5.90 Å². The van der Waals surface area contributed by atoms with Crippen molar-refractivity contribution in [1.82, 2.24) is 4.98 Å². The summed E-state index contributed by atoms with van der Waals surface area (Å²) in [6, 6.07) is 3.76. The summed E-state index contributed by atoms with van der Waals surface area (Å²) >= 11 is 0. The predicted octanol–water partition coefficient (Wildman–Crippen LogP) is 3.15. The van der Waals surface area contributed by atoms with E-state index in [0.717, 1.165) is 11.3 Å². The zero-order chi connectivity index (χ0) is 13.1. The van der Waals surface area contributed by atoms with Crippen molar-refractivity contribution in [1.29, 1.82) is 0 Å². The van der Waals surface area contributed by atoms with Crippen LogP contribution in [0.4, 0.5) is 0 Å². The average Bonchev–Trinajstić information content (AvgIpc) is 2.45. The monoisotopic (exact) mass is 238 g/mol. The maximum absolute atomic E-state index is 5.33. The summed E-state index contributed by atoms with van der Waals surface area (Å²) in [7, 11) is 0. The highest BCUT2D eigenvalue weighted by molar-refractivity contribution is 5.94. The Morgan fingerprint density at radius 1 is 1.12 bits per heavy atom. The van der Waals surface area contributed by atoms with Gasteiger partial charge in [-0.3, -0.25) is 4.98 Å². The molecule has 96 valence electrons. The number of aromatic nitrogens is 1. The van der Waals surface area contributed by atoms with Crippen LogP contribution in [-0.4, -0.2) is 24.1 Å². The fourth-order valence-corrected chi connectivity index (χ4v) is 1.14. The van der Waals surface area contributed by atoms with Crippen LogP contribution in [0.5, 0.6) is 0 Å². The van der Waals surface area contributed by atoms with E-state index >= 15 is 0 Å². The van der Waals surface area contributed by atoms with E-state index in [9.17, 15) is 0 Å². The number of ether oxygens (including phenoxy) is 1. The number of hydrogen-bond donors (Lipinski definition) is 0. The number of rotatable bonds is 1. The maximum Gasteiger partial charge on any atom is 0.259 e. The molecule has 0 amide bonds. The molecule has 0 aliphatic carbocycles. The van der Waals surface area contributed by atoms with Gasteiger partial charge in [-0.25, -0.2) is 0 Å². The van der Waals surface area contributed by atoms with Crippen LogP contribution in [0.1, 0.15) is 39.0 Å². The quantitative estimate of drug-likeness (QED) is 0.755. The fraction of sp³-hybridized carbons (Fsp3) is 0.538. The number of aryl methyl sites for hydroxylation is 1. The molecule has 0 spiro atoms. The van der Waals surface area contributed by atoms with E-state index in [1.54, 1.807) is 6.20 Å². The third-order valence-corrected chi connectivity index (χ3v) is 1.80. The zero-order valence-corrected chi connectivity index (χ0v) is 11.4. The van der Waals surface area contributed by atoms with Gasteiger partial charge in [0.2, 0.25) is 0 Å². The fourth-order valence-electron chi connectivity index (χ4n) is 1.14. The van der Waals surface area contributed by atoms with E-state index in [1.807, 2.05) is 46.8 Å². The summed E-state index contributed by atoms with van der Waals surface area (Å²) in [4.78, 5) is 9.06. The summed E-state index contributed by atoms with van der Waals surface area (Å²) in [5.74, 6) is 0.525. The van der Waals surface area contributed by atoms with Gasteiger partial charge in [0.15, 0.2) is 6.61 Å². The lowest BCUT2D eigenvalue weighted by molar-refractivity contribution is 0.0655.